The Morgan fingerprint density at radius 2 is 1.83 bits per heavy atom. The zero-order valence-corrected chi connectivity index (χ0v) is 11.4. The van der Waals surface area contributed by atoms with Crippen molar-refractivity contribution in [2.45, 2.75) is 0 Å². The molecule has 0 aliphatic carbocycles. The van der Waals surface area contributed by atoms with E-state index < -0.39 is 13.1 Å². The maximum Gasteiger partial charge on any atom is 0.269 e. The minimum absolute atomic E-state index is 0.0544. The molecular weight excluding hydrogens is 255 g/mol. The number of likely N-dealkylation sites (N-methyl/N-ethyl adjacent to an activating group) is 1. The number of hydrogen-bond acceptors (Lipinski definition) is 4. The van der Waals surface area contributed by atoms with E-state index in [9.17, 15) is 19.8 Å². The van der Waals surface area contributed by atoms with Crippen LogP contribution in [0.5, 0.6) is 0 Å². The minimum atomic E-state index is -1.91. The molecular formula is C11H16N2O4P+. The van der Waals surface area contributed by atoms with Crippen LogP contribution in [0.15, 0.2) is 24.3 Å². The highest BCUT2D eigenvalue weighted by atomic mass is 31.1. The third kappa shape index (κ3) is 4.14. The minimum Gasteiger partial charge on any atom is -0.362 e. The molecule has 0 saturated carbocycles. The van der Waals surface area contributed by atoms with Gasteiger partial charge in [0.1, 0.15) is 14.7 Å². The summed E-state index contributed by atoms with van der Waals surface area (Å²) in [4.78, 5) is 31.7. The van der Waals surface area contributed by atoms with Gasteiger partial charge in [0.15, 0.2) is 0 Å². The molecule has 0 heterocycles. The number of carbonyl (C=O) groups is 1. The second-order valence-electron chi connectivity index (χ2n) is 4.93. The molecule has 6 nitrogen and oxygen atoms in total. The first-order chi connectivity index (χ1) is 8.20. The first-order valence-electron chi connectivity index (χ1n) is 5.27. The van der Waals surface area contributed by atoms with Crippen LogP contribution in [0.2, 0.25) is 0 Å². The van der Waals surface area contributed by atoms with E-state index in [2.05, 4.69) is 0 Å². The van der Waals surface area contributed by atoms with E-state index in [4.69, 9.17) is 0 Å². The van der Waals surface area contributed by atoms with E-state index in [1.807, 2.05) is 21.1 Å². The summed E-state index contributed by atoms with van der Waals surface area (Å²) < 4.78 is 0.436. The van der Waals surface area contributed by atoms with Crippen LogP contribution in [0.4, 0.5) is 5.69 Å². The molecule has 18 heavy (non-hydrogen) atoms. The zero-order chi connectivity index (χ0) is 13.9. The van der Waals surface area contributed by atoms with Gasteiger partial charge in [-0.3, -0.25) is 14.9 Å². The summed E-state index contributed by atoms with van der Waals surface area (Å²) in [6.07, 6.45) is 0. The molecule has 1 aromatic rings. The lowest BCUT2D eigenvalue weighted by Gasteiger charge is -2.23. The smallest absolute Gasteiger partial charge is 0.269 e. The molecule has 0 saturated heterocycles. The Kier molecular flexibility index (Phi) is 4.51. The van der Waals surface area contributed by atoms with Gasteiger partial charge in [0.25, 0.3) is 5.69 Å². The quantitative estimate of drug-likeness (QED) is 0.372. The molecule has 0 radical (unpaired) electrons. The van der Waals surface area contributed by atoms with E-state index in [1.165, 1.54) is 24.3 Å². The number of non-ortho nitro benzene ring substituents is 1. The lowest BCUT2D eigenvalue weighted by atomic mass is 10.3. The predicted molar refractivity (Wildman–Crippen MR) is 69.8 cm³/mol. The van der Waals surface area contributed by atoms with Crippen molar-refractivity contribution < 1.29 is 19.1 Å². The van der Waals surface area contributed by atoms with Crippen LogP contribution in [-0.4, -0.2) is 47.5 Å². The zero-order valence-electron chi connectivity index (χ0n) is 10.5. The molecule has 0 amide bonds. The third-order valence-electron chi connectivity index (χ3n) is 2.15. The van der Waals surface area contributed by atoms with Gasteiger partial charge in [-0.05, 0) is 12.1 Å². The van der Waals surface area contributed by atoms with Gasteiger partial charge in [-0.15, -0.1) is 0 Å². The summed E-state index contributed by atoms with van der Waals surface area (Å²) in [6, 6.07) is 5.44. The van der Waals surface area contributed by atoms with Crippen molar-refractivity contribution in [1.82, 2.24) is 0 Å². The van der Waals surface area contributed by atoms with Crippen LogP contribution in [0, 0.1) is 10.1 Å². The number of quaternary nitrogens is 1. The fourth-order valence-electron chi connectivity index (χ4n) is 1.33. The van der Waals surface area contributed by atoms with Gasteiger partial charge in [0, 0.05) is 17.4 Å². The molecule has 0 aliphatic rings. The number of benzene rings is 1. The Hall–Kier alpha value is -1.36. The SMILES string of the molecule is C[N+](C)(C)CC(=O)P(O)c1ccc([N+](=O)[O-])cc1. The second-order valence-corrected chi connectivity index (χ2v) is 6.57. The maximum absolute atomic E-state index is 11.8. The van der Waals surface area contributed by atoms with E-state index >= 15 is 0 Å². The second kappa shape index (κ2) is 5.52. The summed E-state index contributed by atoms with van der Waals surface area (Å²) in [7, 11) is 3.66. The number of hydrogen-bond donors (Lipinski definition) is 1. The average Bonchev–Trinajstić information content (AvgIpc) is 2.26. The molecule has 0 fully saturated rings. The monoisotopic (exact) mass is 271 g/mol. The number of nitro benzene ring substituents is 1. The van der Waals surface area contributed by atoms with Gasteiger partial charge in [-0.25, -0.2) is 0 Å². The number of rotatable bonds is 5. The molecule has 0 aromatic heterocycles. The Labute approximate surface area is 106 Å². The normalized spacial score (nSPS) is 13.1. The summed E-state index contributed by atoms with van der Waals surface area (Å²) >= 11 is 0. The topological polar surface area (TPSA) is 80.4 Å². The van der Waals surface area contributed by atoms with Crippen molar-refractivity contribution >= 4 is 24.7 Å². The highest BCUT2D eigenvalue weighted by molar-refractivity contribution is 7.76. The first-order valence-corrected chi connectivity index (χ1v) is 6.57. The molecule has 1 unspecified atom stereocenters. The predicted octanol–water partition coefficient (Wildman–Crippen LogP) is 0.842. The summed E-state index contributed by atoms with van der Waals surface area (Å²) in [5, 5.41) is 10.9. The number of nitrogens with zero attached hydrogens (tertiary/aromatic N) is 2. The van der Waals surface area contributed by atoms with Crippen molar-refractivity contribution in [1.29, 1.82) is 0 Å². The molecule has 1 N–H and O–H groups in total. The highest BCUT2D eigenvalue weighted by Crippen LogP contribution is 2.31. The largest absolute Gasteiger partial charge is 0.362 e. The molecule has 0 spiro atoms. The van der Waals surface area contributed by atoms with Crippen LogP contribution < -0.4 is 5.30 Å². The average molecular weight is 271 g/mol. The molecule has 1 aromatic carbocycles. The van der Waals surface area contributed by atoms with Gasteiger partial charge in [-0.2, -0.15) is 0 Å². The van der Waals surface area contributed by atoms with Crippen LogP contribution in [0.1, 0.15) is 0 Å². The number of carbonyl (C=O) groups excluding carboxylic acids is 1. The lowest BCUT2D eigenvalue weighted by molar-refractivity contribution is -0.861. The van der Waals surface area contributed by atoms with Crippen molar-refractivity contribution in [3.63, 3.8) is 0 Å². The fourth-order valence-corrected chi connectivity index (χ4v) is 2.61. The van der Waals surface area contributed by atoms with Crippen LogP contribution in [-0.2, 0) is 4.79 Å². The molecule has 98 valence electrons. The van der Waals surface area contributed by atoms with Crippen molar-refractivity contribution in [2.75, 3.05) is 27.7 Å². The Balaban J connectivity index is 2.81. The molecule has 7 heteroatoms. The van der Waals surface area contributed by atoms with Gasteiger partial charge < -0.3 is 9.38 Å². The van der Waals surface area contributed by atoms with E-state index in [0.29, 0.717) is 9.79 Å². The van der Waals surface area contributed by atoms with Crippen molar-refractivity contribution in [3.8, 4) is 0 Å². The van der Waals surface area contributed by atoms with Gasteiger partial charge >= 0.3 is 0 Å². The van der Waals surface area contributed by atoms with Gasteiger partial charge in [0.05, 0.1) is 26.1 Å². The standard InChI is InChI=1S/C11H16N2O4P/c1-13(2,3)8-11(14)18(17)10-6-4-9(5-7-10)12(15)16/h4-7,17H,8H2,1-3H3/q+1. The maximum atomic E-state index is 11.8. The molecule has 1 atom stereocenters. The summed E-state index contributed by atoms with van der Waals surface area (Å²) in [6.45, 7) is 0.221. The number of nitro groups is 1. The first kappa shape index (κ1) is 14.7. The van der Waals surface area contributed by atoms with Gasteiger partial charge in [0.2, 0.25) is 5.52 Å². The van der Waals surface area contributed by atoms with Crippen molar-refractivity contribution in [3.05, 3.63) is 34.4 Å². The Morgan fingerprint density at radius 1 is 1.33 bits per heavy atom. The molecule has 1 rings (SSSR count). The van der Waals surface area contributed by atoms with Gasteiger partial charge in [-0.1, -0.05) is 0 Å². The van der Waals surface area contributed by atoms with E-state index in [1.54, 1.807) is 0 Å². The van der Waals surface area contributed by atoms with E-state index in [-0.39, 0.29) is 17.8 Å². The Bertz CT molecular complexity index is 453. The highest BCUT2D eigenvalue weighted by Gasteiger charge is 2.24. The molecule has 0 aliphatic heterocycles. The van der Waals surface area contributed by atoms with Crippen LogP contribution in [0.3, 0.4) is 0 Å². The van der Waals surface area contributed by atoms with E-state index in [0.717, 1.165) is 0 Å². The molecule has 0 bridgehead atoms. The fraction of sp³-hybridized carbons (Fsp3) is 0.364. The van der Waals surface area contributed by atoms with Crippen LogP contribution in [0.25, 0.3) is 0 Å². The van der Waals surface area contributed by atoms with Crippen molar-refractivity contribution in [2.24, 2.45) is 0 Å². The summed E-state index contributed by atoms with van der Waals surface area (Å²) in [5.41, 5.74) is -0.299. The summed E-state index contributed by atoms with van der Waals surface area (Å²) in [5.74, 6) is 0. The third-order valence-corrected chi connectivity index (χ3v) is 3.55. The Morgan fingerprint density at radius 3 is 2.22 bits per heavy atom. The lowest BCUT2D eigenvalue weighted by Crippen LogP contribution is -2.39. The van der Waals surface area contributed by atoms with Crippen LogP contribution >= 0.6 is 8.15 Å².